The van der Waals surface area contributed by atoms with Crippen LogP contribution in [0.5, 0.6) is 0 Å². The van der Waals surface area contributed by atoms with Gasteiger partial charge in [-0.3, -0.25) is 4.79 Å². The van der Waals surface area contributed by atoms with Crippen LogP contribution >= 0.6 is 15.9 Å². The number of alkyl halides is 1. The highest BCUT2D eigenvalue weighted by atomic mass is 79.9. The van der Waals surface area contributed by atoms with E-state index in [1.807, 2.05) is 30.3 Å². The highest BCUT2D eigenvalue weighted by Gasteiger charge is 2.17. The maximum Gasteiger partial charge on any atom is 0.306 e. The number of aliphatic carboxylic acids is 1. The highest BCUT2D eigenvalue weighted by molar-refractivity contribution is 9.09. The van der Waals surface area contributed by atoms with Crippen molar-refractivity contribution in [3.63, 3.8) is 0 Å². The number of hydrogen-bond donors (Lipinski definition) is 1. The van der Waals surface area contributed by atoms with Gasteiger partial charge in [0.05, 0.1) is 5.92 Å². The van der Waals surface area contributed by atoms with Gasteiger partial charge >= 0.3 is 5.97 Å². The Labute approximate surface area is 111 Å². The molecule has 1 N–H and O–H groups in total. The Morgan fingerprint density at radius 1 is 1.29 bits per heavy atom. The third-order valence-electron chi connectivity index (χ3n) is 2.83. The van der Waals surface area contributed by atoms with E-state index in [1.54, 1.807) is 0 Å². The zero-order valence-electron chi connectivity index (χ0n) is 10.1. The SMILES string of the molecule is C[C@@H](Br)CCC[C@H](Cc1ccccc1)C(=O)O. The molecule has 0 aliphatic heterocycles. The first-order chi connectivity index (χ1) is 8.09. The first kappa shape index (κ1) is 14.2. The van der Waals surface area contributed by atoms with Gasteiger partial charge in [0.1, 0.15) is 0 Å². The van der Waals surface area contributed by atoms with E-state index in [-0.39, 0.29) is 5.92 Å². The Morgan fingerprint density at radius 2 is 1.94 bits per heavy atom. The van der Waals surface area contributed by atoms with Crippen molar-refractivity contribution in [2.45, 2.75) is 37.4 Å². The summed E-state index contributed by atoms with van der Waals surface area (Å²) >= 11 is 3.48. The summed E-state index contributed by atoms with van der Waals surface area (Å²) in [6, 6.07) is 9.83. The molecule has 0 amide bonds. The Bertz CT molecular complexity index is 335. The van der Waals surface area contributed by atoms with Gasteiger partial charge in [0.25, 0.3) is 0 Å². The van der Waals surface area contributed by atoms with Crippen LogP contribution < -0.4 is 0 Å². The molecule has 0 bridgehead atoms. The second kappa shape index (κ2) is 7.49. The predicted octanol–water partition coefficient (Wildman–Crippen LogP) is 3.88. The number of rotatable bonds is 7. The van der Waals surface area contributed by atoms with Gasteiger partial charge in [-0.15, -0.1) is 0 Å². The van der Waals surface area contributed by atoms with Gasteiger partial charge in [0, 0.05) is 4.83 Å². The zero-order valence-corrected chi connectivity index (χ0v) is 11.7. The van der Waals surface area contributed by atoms with Gasteiger partial charge in [-0.05, 0) is 24.8 Å². The average molecular weight is 299 g/mol. The molecule has 2 nitrogen and oxygen atoms in total. The van der Waals surface area contributed by atoms with Crippen LogP contribution in [0.3, 0.4) is 0 Å². The van der Waals surface area contributed by atoms with Crippen LogP contribution in [0.2, 0.25) is 0 Å². The third-order valence-corrected chi connectivity index (χ3v) is 3.29. The van der Waals surface area contributed by atoms with Crippen molar-refractivity contribution in [1.29, 1.82) is 0 Å². The van der Waals surface area contributed by atoms with Gasteiger partial charge in [-0.2, -0.15) is 0 Å². The fraction of sp³-hybridized carbons (Fsp3) is 0.500. The molecule has 94 valence electrons. The molecule has 0 heterocycles. The summed E-state index contributed by atoms with van der Waals surface area (Å²) in [5.41, 5.74) is 1.10. The van der Waals surface area contributed by atoms with E-state index in [2.05, 4.69) is 22.9 Å². The quantitative estimate of drug-likeness (QED) is 0.776. The van der Waals surface area contributed by atoms with Crippen LogP contribution in [0.4, 0.5) is 0 Å². The van der Waals surface area contributed by atoms with Gasteiger partial charge in [-0.1, -0.05) is 59.6 Å². The number of benzene rings is 1. The zero-order chi connectivity index (χ0) is 12.7. The van der Waals surface area contributed by atoms with Crippen molar-refractivity contribution in [2.75, 3.05) is 0 Å². The van der Waals surface area contributed by atoms with E-state index < -0.39 is 5.97 Å². The topological polar surface area (TPSA) is 37.3 Å². The fourth-order valence-corrected chi connectivity index (χ4v) is 2.18. The summed E-state index contributed by atoms with van der Waals surface area (Å²) in [7, 11) is 0. The second-order valence-electron chi connectivity index (χ2n) is 4.44. The van der Waals surface area contributed by atoms with Crippen LogP contribution in [0.1, 0.15) is 31.7 Å². The Kier molecular flexibility index (Phi) is 6.27. The molecule has 0 aromatic heterocycles. The summed E-state index contributed by atoms with van der Waals surface area (Å²) in [6.45, 7) is 2.09. The molecular formula is C14H19BrO2. The maximum absolute atomic E-state index is 11.2. The van der Waals surface area contributed by atoms with Crippen LogP contribution in [0.15, 0.2) is 30.3 Å². The number of carboxylic acids is 1. The van der Waals surface area contributed by atoms with E-state index in [4.69, 9.17) is 0 Å². The number of carboxylic acid groups (broad SMARTS) is 1. The molecule has 2 atom stereocenters. The summed E-state index contributed by atoms with van der Waals surface area (Å²) in [4.78, 5) is 11.6. The average Bonchev–Trinajstić information content (AvgIpc) is 2.28. The van der Waals surface area contributed by atoms with Gasteiger partial charge in [0.2, 0.25) is 0 Å². The first-order valence-electron chi connectivity index (χ1n) is 6.00. The van der Waals surface area contributed by atoms with Crippen LogP contribution in [0, 0.1) is 5.92 Å². The normalized spacial score (nSPS) is 14.2. The van der Waals surface area contributed by atoms with Crippen molar-refractivity contribution >= 4 is 21.9 Å². The third kappa shape index (κ3) is 5.87. The lowest BCUT2D eigenvalue weighted by Gasteiger charge is -2.12. The molecule has 1 aromatic carbocycles. The van der Waals surface area contributed by atoms with Crippen LogP contribution in [-0.4, -0.2) is 15.9 Å². The molecule has 1 aromatic rings. The Hall–Kier alpha value is -0.830. The summed E-state index contributed by atoms with van der Waals surface area (Å²) < 4.78 is 0. The van der Waals surface area contributed by atoms with Crippen molar-refractivity contribution in [2.24, 2.45) is 5.92 Å². The molecule has 3 heteroatoms. The fourth-order valence-electron chi connectivity index (χ4n) is 1.86. The molecule has 0 aliphatic carbocycles. The van der Waals surface area contributed by atoms with E-state index in [1.165, 1.54) is 0 Å². The Morgan fingerprint density at radius 3 is 2.47 bits per heavy atom. The minimum absolute atomic E-state index is 0.261. The molecule has 0 unspecified atom stereocenters. The molecule has 0 fully saturated rings. The van der Waals surface area contributed by atoms with E-state index in [9.17, 15) is 9.90 Å². The molecule has 0 radical (unpaired) electrons. The van der Waals surface area contributed by atoms with Crippen molar-refractivity contribution < 1.29 is 9.90 Å². The molecule has 0 aliphatic rings. The Balaban J connectivity index is 2.47. The van der Waals surface area contributed by atoms with E-state index in [0.29, 0.717) is 11.2 Å². The van der Waals surface area contributed by atoms with Gasteiger partial charge in [0.15, 0.2) is 0 Å². The number of carbonyl (C=O) groups is 1. The van der Waals surface area contributed by atoms with Crippen molar-refractivity contribution in [3.8, 4) is 0 Å². The summed E-state index contributed by atoms with van der Waals surface area (Å²) in [6.07, 6.45) is 3.36. The minimum Gasteiger partial charge on any atom is -0.481 e. The van der Waals surface area contributed by atoms with Gasteiger partial charge < -0.3 is 5.11 Å². The lowest BCUT2D eigenvalue weighted by molar-refractivity contribution is -0.142. The predicted molar refractivity (Wildman–Crippen MR) is 73.5 cm³/mol. The lowest BCUT2D eigenvalue weighted by Crippen LogP contribution is -2.16. The standard InChI is InChI=1S/C14H19BrO2/c1-11(15)6-5-9-13(14(16)17)10-12-7-3-2-4-8-12/h2-4,7-8,11,13H,5-6,9-10H2,1H3,(H,16,17)/t11-,13-/m1/s1. The lowest BCUT2D eigenvalue weighted by atomic mass is 9.94. The molecule has 17 heavy (non-hydrogen) atoms. The highest BCUT2D eigenvalue weighted by Crippen LogP contribution is 2.18. The smallest absolute Gasteiger partial charge is 0.306 e. The molecular weight excluding hydrogens is 280 g/mol. The minimum atomic E-state index is -0.684. The van der Waals surface area contributed by atoms with Gasteiger partial charge in [-0.25, -0.2) is 0 Å². The molecule has 0 saturated heterocycles. The summed E-state index contributed by atoms with van der Waals surface area (Å²) in [5.74, 6) is -0.945. The second-order valence-corrected chi connectivity index (χ2v) is 6.00. The summed E-state index contributed by atoms with van der Waals surface area (Å²) in [5, 5.41) is 9.19. The van der Waals surface area contributed by atoms with Crippen molar-refractivity contribution in [1.82, 2.24) is 0 Å². The van der Waals surface area contributed by atoms with E-state index in [0.717, 1.165) is 24.8 Å². The maximum atomic E-state index is 11.2. The van der Waals surface area contributed by atoms with Crippen LogP contribution in [0.25, 0.3) is 0 Å². The first-order valence-corrected chi connectivity index (χ1v) is 6.92. The largest absolute Gasteiger partial charge is 0.481 e. The number of hydrogen-bond acceptors (Lipinski definition) is 1. The molecule has 1 rings (SSSR count). The molecule has 0 spiro atoms. The number of halogens is 1. The molecule has 0 saturated carbocycles. The van der Waals surface area contributed by atoms with Crippen LogP contribution in [-0.2, 0) is 11.2 Å². The monoisotopic (exact) mass is 298 g/mol. The van der Waals surface area contributed by atoms with Crippen molar-refractivity contribution in [3.05, 3.63) is 35.9 Å². The van der Waals surface area contributed by atoms with E-state index >= 15 is 0 Å².